The molecule has 0 bridgehead atoms. The average Bonchev–Trinajstić information content (AvgIpc) is 2.97. The number of nitrogens with one attached hydrogen (secondary N) is 2. The number of carbonyl (C=O) groups excluding carboxylic acids is 1. The van der Waals surface area contributed by atoms with Gasteiger partial charge in [-0.1, -0.05) is 25.9 Å². The number of aryl methyl sites for hydroxylation is 1. The zero-order chi connectivity index (χ0) is 16.6. The molecule has 1 aromatic heterocycles. The van der Waals surface area contributed by atoms with E-state index in [2.05, 4.69) is 47.6 Å². The van der Waals surface area contributed by atoms with Crippen molar-refractivity contribution >= 4 is 17.3 Å². The van der Waals surface area contributed by atoms with Gasteiger partial charge in [0.15, 0.2) is 5.82 Å². The Hall–Kier alpha value is -2.37. The lowest BCUT2D eigenvalue weighted by molar-refractivity contribution is -0.116. The predicted molar refractivity (Wildman–Crippen MR) is 88.4 cm³/mol. The molecule has 0 radical (unpaired) electrons. The highest BCUT2D eigenvalue weighted by molar-refractivity contribution is 5.94. The Labute approximate surface area is 135 Å². The van der Waals surface area contributed by atoms with Crippen molar-refractivity contribution in [1.82, 2.24) is 10.1 Å². The number of benzene rings is 1. The van der Waals surface area contributed by atoms with Gasteiger partial charge in [-0.05, 0) is 37.1 Å². The van der Waals surface area contributed by atoms with Crippen LogP contribution < -0.4 is 10.6 Å². The third kappa shape index (κ3) is 3.36. The second-order valence-corrected chi connectivity index (χ2v) is 6.99. The second-order valence-electron chi connectivity index (χ2n) is 6.99. The van der Waals surface area contributed by atoms with Crippen LogP contribution in [0.25, 0.3) is 0 Å². The standard InChI is InChI=1S/C17H22N4O2/c1-10(15-20-16(21-23-15)17(2,3)4)18-12-6-7-13-11(9-12)5-8-14(22)19-13/h6-7,9-10,18H,5,8H2,1-4H3,(H,19,22). The summed E-state index contributed by atoms with van der Waals surface area (Å²) >= 11 is 0. The monoisotopic (exact) mass is 314 g/mol. The molecule has 0 saturated carbocycles. The lowest BCUT2D eigenvalue weighted by Gasteiger charge is -2.19. The molecule has 0 aliphatic carbocycles. The van der Waals surface area contributed by atoms with Crippen LogP contribution in [0.2, 0.25) is 0 Å². The van der Waals surface area contributed by atoms with Gasteiger partial charge in [-0.25, -0.2) is 0 Å². The highest BCUT2D eigenvalue weighted by Gasteiger charge is 2.23. The van der Waals surface area contributed by atoms with Crippen LogP contribution in [-0.2, 0) is 16.6 Å². The number of fused-ring (bicyclic) bond motifs is 1. The number of rotatable bonds is 3. The molecular weight excluding hydrogens is 292 g/mol. The Morgan fingerprint density at radius 3 is 2.78 bits per heavy atom. The van der Waals surface area contributed by atoms with Gasteiger partial charge < -0.3 is 15.2 Å². The third-order valence-electron chi connectivity index (χ3n) is 3.87. The van der Waals surface area contributed by atoms with E-state index >= 15 is 0 Å². The largest absolute Gasteiger partial charge is 0.374 e. The van der Waals surface area contributed by atoms with Crippen LogP contribution in [0.3, 0.4) is 0 Å². The fourth-order valence-corrected chi connectivity index (χ4v) is 2.50. The van der Waals surface area contributed by atoms with E-state index in [4.69, 9.17) is 4.52 Å². The maximum Gasteiger partial charge on any atom is 0.248 e. The molecule has 0 spiro atoms. The average molecular weight is 314 g/mol. The maximum atomic E-state index is 11.4. The Balaban J connectivity index is 1.74. The van der Waals surface area contributed by atoms with Crippen LogP contribution in [0, 0.1) is 0 Å². The van der Waals surface area contributed by atoms with Gasteiger partial charge >= 0.3 is 0 Å². The van der Waals surface area contributed by atoms with Gasteiger partial charge in [-0.15, -0.1) is 0 Å². The van der Waals surface area contributed by atoms with Gasteiger partial charge in [-0.2, -0.15) is 4.98 Å². The van der Waals surface area contributed by atoms with E-state index in [0.29, 0.717) is 18.1 Å². The molecule has 6 nitrogen and oxygen atoms in total. The normalized spacial score (nSPS) is 15.7. The molecule has 6 heteroatoms. The summed E-state index contributed by atoms with van der Waals surface area (Å²) in [6.07, 6.45) is 1.30. The Kier molecular flexibility index (Phi) is 3.83. The summed E-state index contributed by atoms with van der Waals surface area (Å²) in [5.41, 5.74) is 2.88. The second kappa shape index (κ2) is 5.68. The molecule has 1 aliphatic heterocycles. The molecule has 2 heterocycles. The van der Waals surface area contributed by atoms with E-state index in [9.17, 15) is 4.79 Å². The number of nitrogens with zero attached hydrogens (tertiary/aromatic N) is 2. The Morgan fingerprint density at radius 1 is 1.30 bits per heavy atom. The quantitative estimate of drug-likeness (QED) is 0.907. The van der Waals surface area contributed by atoms with Gasteiger partial charge in [-0.3, -0.25) is 4.79 Å². The van der Waals surface area contributed by atoms with Crippen molar-refractivity contribution in [3.05, 3.63) is 35.5 Å². The number of carbonyl (C=O) groups is 1. The summed E-state index contributed by atoms with van der Waals surface area (Å²) in [6.45, 7) is 8.15. The van der Waals surface area contributed by atoms with Crippen molar-refractivity contribution in [2.45, 2.75) is 52.0 Å². The van der Waals surface area contributed by atoms with E-state index in [1.54, 1.807) is 0 Å². The SMILES string of the molecule is CC(Nc1ccc2c(c1)CCC(=O)N2)c1nc(C(C)(C)C)no1. The summed E-state index contributed by atoms with van der Waals surface area (Å²) in [5.74, 6) is 1.35. The minimum atomic E-state index is -0.133. The van der Waals surface area contributed by atoms with Crippen LogP contribution in [0.15, 0.2) is 22.7 Å². The zero-order valence-corrected chi connectivity index (χ0v) is 13.9. The minimum Gasteiger partial charge on any atom is -0.374 e. The molecule has 122 valence electrons. The molecule has 0 saturated heterocycles. The highest BCUT2D eigenvalue weighted by Crippen LogP contribution is 2.28. The summed E-state index contributed by atoms with van der Waals surface area (Å²) in [6, 6.07) is 5.85. The van der Waals surface area contributed by atoms with E-state index < -0.39 is 0 Å². The van der Waals surface area contributed by atoms with Crippen molar-refractivity contribution in [3.8, 4) is 0 Å². The Morgan fingerprint density at radius 2 is 2.09 bits per heavy atom. The Bertz CT molecular complexity index is 730. The van der Waals surface area contributed by atoms with Gasteiger partial charge in [0.05, 0.1) is 0 Å². The predicted octanol–water partition coefficient (Wildman–Crippen LogP) is 3.42. The first kappa shape index (κ1) is 15.5. The zero-order valence-electron chi connectivity index (χ0n) is 13.9. The molecule has 0 fully saturated rings. The number of aromatic nitrogens is 2. The molecule has 2 aromatic rings. The van der Waals surface area contributed by atoms with Crippen molar-refractivity contribution in [2.24, 2.45) is 0 Å². The van der Waals surface area contributed by atoms with Gasteiger partial charge in [0, 0.05) is 23.2 Å². The molecule has 23 heavy (non-hydrogen) atoms. The van der Waals surface area contributed by atoms with E-state index in [0.717, 1.165) is 23.4 Å². The highest BCUT2D eigenvalue weighted by atomic mass is 16.5. The first-order valence-electron chi connectivity index (χ1n) is 7.86. The topological polar surface area (TPSA) is 80.0 Å². The van der Waals surface area contributed by atoms with Crippen LogP contribution >= 0.6 is 0 Å². The smallest absolute Gasteiger partial charge is 0.248 e. The van der Waals surface area contributed by atoms with Crippen molar-refractivity contribution in [1.29, 1.82) is 0 Å². The van der Waals surface area contributed by atoms with Crippen LogP contribution in [0.5, 0.6) is 0 Å². The van der Waals surface area contributed by atoms with Crippen molar-refractivity contribution in [3.63, 3.8) is 0 Å². The van der Waals surface area contributed by atoms with Gasteiger partial charge in [0.1, 0.15) is 6.04 Å². The molecule has 1 aliphatic rings. The molecule has 1 aromatic carbocycles. The first-order valence-corrected chi connectivity index (χ1v) is 7.86. The third-order valence-corrected chi connectivity index (χ3v) is 3.87. The minimum absolute atomic E-state index is 0.0761. The van der Waals surface area contributed by atoms with Gasteiger partial charge in [0.25, 0.3) is 0 Å². The molecule has 1 unspecified atom stereocenters. The van der Waals surface area contributed by atoms with Crippen LogP contribution in [0.4, 0.5) is 11.4 Å². The molecule has 1 atom stereocenters. The number of hydrogen-bond donors (Lipinski definition) is 2. The van der Waals surface area contributed by atoms with E-state index in [1.807, 2.05) is 19.1 Å². The first-order chi connectivity index (χ1) is 10.8. The fraction of sp³-hybridized carbons (Fsp3) is 0.471. The van der Waals surface area contributed by atoms with E-state index in [1.165, 1.54) is 0 Å². The lowest BCUT2D eigenvalue weighted by Crippen LogP contribution is -2.19. The summed E-state index contributed by atoms with van der Waals surface area (Å²) < 4.78 is 5.37. The summed E-state index contributed by atoms with van der Waals surface area (Å²) in [5, 5.41) is 10.3. The van der Waals surface area contributed by atoms with E-state index in [-0.39, 0.29) is 17.4 Å². The summed E-state index contributed by atoms with van der Waals surface area (Å²) in [7, 11) is 0. The molecular formula is C17H22N4O2. The maximum absolute atomic E-state index is 11.4. The van der Waals surface area contributed by atoms with Crippen molar-refractivity contribution in [2.75, 3.05) is 10.6 Å². The van der Waals surface area contributed by atoms with Crippen molar-refractivity contribution < 1.29 is 9.32 Å². The lowest BCUT2D eigenvalue weighted by atomic mass is 9.96. The summed E-state index contributed by atoms with van der Waals surface area (Å²) in [4.78, 5) is 15.9. The fourth-order valence-electron chi connectivity index (χ4n) is 2.50. The molecule has 3 rings (SSSR count). The number of amides is 1. The molecule has 1 amide bonds. The number of hydrogen-bond acceptors (Lipinski definition) is 5. The number of anilines is 2. The molecule has 2 N–H and O–H groups in total. The van der Waals surface area contributed by atoms with Crippen LogP contribution in [-0.4, -0.2) is 16.0 Å². The van der Waals surface area contributed by atoms with Gasteiger partial charge in [0.2, 0.25) is 11.8 Å². The van der Waals surface area contributed by atoms with Crippen LogP contribution in [0.1, 0.15) is 57.4 Å².